The van der Waals surface area contributed by atoms with Crippen molar-refractivity contribution in [3.63, 3.8) is 0 Å². The Bertz CT molecular complexity index is 1030. The minimum absolute atomic E-state index is 0.0136. The third-order valence-corrected chi connectivity index (χ3v) is 14.8. The first kappa shape index (κ1) is 67.6. The Morgan fingerprint density at radius 2 is 0.681 bits per heavy atom. The SMILES string of the molecule is CCCCCCCCCCCCCCCCCC(=O)OCCCCCCCCCCCCC/C=C\CCCCCCCCCC(=O)NC(CO)C(O)CCCCCCCCCCCCCCCCC. The highest BCUT2D eigenvalue weighted by Crippen LogP contribution is 2.18. The van der Waals surface area contributed by atoms with Gasteiger partial charge in [-0.3, -0.25) is 9.59 Å². The monoisotopic (exact) mass is 974 g/mol. The zero-order chi connectivity index (χ0) is 50.0. The number of ether oxygens (including phenoxy) is 1. The third-order valence-electron chi connectivity index (χ3n) is 14.8. The molecule has 0 saturated heterocycles. The molecule has 0 radical (unpaired) electrons. The zero-order valence-electron chi connectivity index (χ0n) is 46.8. The highest BCUT2D eigenvalue weighted by molar-refractivity contribution is 5.76. The molecule has 0 aromatic carbocycles. The van der Waals surface area contributed by atoms with E-state index in [0.717, 1.165) is 38.5 Å². The van der Waals surface area contributed by atoms with E-state index in [1.807, 2.05) is 0 Å². The molecule has 6 heteroatoms. The van der Waals surface area contributed by atoms with E-state index in [0.29, 0.717) is 25.9 Å². The van der Waals surface area contributed by atoms with E-state index in [1.54, 1.807) is 0 Å². The first-order chi connectivity index (χ1) is 34.0. The second-order valence-electron chi connectivity index (χ2n) is 21.7. The van der Waals surface area contributed by atoms with Gasteiger partial charge in [-0.15, -0.1) is 0 Å². The van der Waals surface area contributed by atoms with Gasteiger partial charge in [0.25, 0.3) is 0 Å². The Balaban J connectivity index is 3.39. The van der Waals surface area contributed by atoms with E-state index in [1.165, 1.54) is 283 Å². The predicted octanol–water partition coefficient (Wildman–Crippen LogP) is 19.6. The first-order valence-electron chi connectivity index (χ1n) is 31.4. The number of unbranched alkanes of at least 4 members (excludes halogenated alkanes) is 46. The molecule has 1 amide bonds. The third kappa shape index (κ3) is 55.8. The van der Waals surface area contributed by atoms with Crippen LogP contribution in [-0.4, -0.2) is 47.4 Å². The summed E-state index contributed by atoms with van der Waals surface area (Å²) in [6, 6.07) is -0.545. The Morgan fingerprint density at radius 1 is 0.391 bits per heavy atom. The standard InChI is InChI=1S/C63H123NO5/c1-3-5-7-9-11-13-15-17-27-31-35-39-43-47-51-55-61(66)60(59-65)64-62(67)56-52-48-44-40-36-32-29-25-23-21-19-20-22-24-26-30-34-38-42-46-50-54-58-69-63(68)57-53-49-45-41-37-33-28-18-16-14-12-10-8-6-4-2/h21,23,60-61,65-66H,3-20,22,24-59H2,1-2H3,(H,64,67)/b23-21-. The molecule has 0 heterocycles. The van der Waals surface area contributed by atoms with Crippen molar-refractivity contribution in [1.29, 1.82) is 0 Å². The van der Waals surface area contributed by atoms with Crippen LogP contribution in [0, 0.1) is 0 Å². The van der Waals surface area contributed by atoms with Gasteiger partial charge in [-0.25, -0.2) is 0 Å². The van der Waals surface area contributed by atoms with E-state index in [9.17, 15) is 19.8 Å². The molecular weight excluding hydrogens is 851 g/mol. The summed E-state index contributed by atoms with van der Waals surface area (Å²) in [4.78, 5) is 24.5. The lowest BCUT2D eigenvalue weighted by atomic mass is 10.0. The lowest BCUT2D eigenvalue weighted by Gasteiger charge is -2.22. The van der Waals surface area contributed by atoms with Crippen molar-refractivity contribution in [2.75, 3.05) is 13.2 Å². The molecule has 0 aromatic rings. The highest BCUT2D eigenvalue weighted by atomic mass is 16.5. The molecule has 0 rings (SSSR count). The fourth-order valence-electron chi connectivity index (χ4n) is 9.99. The van der Waals surface area contributed by atoms with Crippen LogP contribution in [0.25, 0.3) is 0 Å². The van der Waals surface area contributed by atoms with Crippen LogP contribution in [0.1, 0.15) is 354 Å². The maximum Gasteiger partial charge on any atom is 0.305 e. The number of aliphatic hydroxyl groups excluding tert-OH is 2. The molecule has 0 aliphatic rings. The van der Waals surface area contributed by atoms with Gasteiger partial charge in [0.1, 0.15) is 0 Å². The Hall–Kier alpha value is -1.40. The molecule has 69 heavy (non-hydrogen) atoms. The van der Waals surface area contributed by atoms with E-state index in [2.05, 4.69) is 31.3 Å². The van der Waals surface area contributed by atoms with Crippen LogP contribution in [0.5, 0.6) is 0 Å². The van der Waals surface area contributed by atoms with Crippen molar-refractivity contribution >= 4 is 11.9 Å². The number of carbonyl (C=O) groups is 2. The normalized spacial score (nSPS) is 12.6. The molecule has 0 spiro atoms. The predicted molar refractivity (Wildman–Crippen MR) is 301 cm³/mol. The van der Waals surface area contributed by atoms with Gasteiger partial charge in [-0.2, -0.15) is 0 Å². The molecule has 2 unspecified atom stereocenters. The van der Waals surface area contributed by atoms with Gasteiger partial charge in [0.15, 0.2) is 0 Å². The van der Waals surface area contributed by atoms with Crippen LogP contribution < -0.4 is 5.32 Å². The number of nitrogens with one attached hydrogen (secondary N) is 1. The summed E-state index contributed by atoms with van der Waals surface area (Å²) in [6.07, 6.45) is 70.8. The molecule has 0 fully saturated rings. The van der Waals surface area contributed by atoms with Crippen molar-refractivity contribution in [2.24, 2.45) is 0 Å². The van der Waals surface area contributed by atoms with E-state index >= 15 is 0 Å². The summed E-state index contributed by atoms with van der Waals surface area (Å²) < 4.78 is 5.49. The summed E-state index contributed by atoms with van der Waals surface area (Å²) in [7, 11) is 0. The van der Waals surface area contributed by atoms with Gasteiger partial charge >= 0.3 is 5.97 Å². The average molecular weight is 975 g/mol. The molecule has 0 aliphatic carbocycles. The molecule has 410 valence electrons. The molecule has 6 nitrogen and oxygen atoms in total. The molecular formula is C63H123NO5. The number of allylic oxidation sites excluding steroid dienone is 2. The van der Waals surface area contributed by atoms with Gasteiger partial charge in [-0.05, 0) is 51.4 Å². The second-order valence-corrected chi connectivity index (χ2v) is 21.7. The van der Waals surface area contributed by atoms with Crippen LogP contribution >= 0.6 is 0 Å². The highest BCUT2D eigenvalue weighted by Gasteiger charge is 2.20. The minimum atomic E-state index is -0.668. The number of hydrogen-bond acceptors (Lipinski definition) is 5. The van der Waals surface area contributed by atoms with Gasteiger partial charge < -0.3 is 20.3 Å². The number of esters is 1. The van der Waals surface area contributed by atoms with Gasteiger partial charge in [-0.1, -0.05) is 302 Å². The van der Waals surface area contributed by atoms with Gasteiger partial charge in [0.05, 0.1) is 25.4 Å². The average Bonchev–Trinajstić information content (AvgIpc) is 3.35. The topological polar surface area (TPSA) is 95.9 Å². The lowest BCUT2D eigenvalue weighted by molar-refractivity contribution is -0.143. The Labute approximate surface area is 431 Å². The number of hydrogen-bond donors (Lipinski definition) is 3. The maximum atomic E-state index is 12.5. The minimum Gasteiger partial charge on any atom is -0.466 e. The van der Waals surface area contributed by atoms with Gasteiger partial charge in [0, 0.05) is 12.8 Å². The largest absolute Gasteiger partial charge is 0.466 e. The van der Waals surface area contributed by atoms with Crippen LogP contribution in [0.15, 0.2) is 12.2 Å². The van der Waals surface area contributed by atoms with Crippen molar-refractivity contribution in [3.8, 4) is 0 Å². The van der Waals surface area contributed by atoms with E-state index in [-0.39, 0.29) is 18.5 Å². The number of aliphatic hydroxyl groups is 2. The van der Waals surface area contributed by atoms with E-state index in [4.69, 9.17) is 4.74 Å². The second kappa shape index (κ2) is 59.2. The first-order valence-corrected chi connectivity index (χ1v) is 31.4. The number of rotatable bonds is 59. The smallest absolute Gasteiger partial charge is 0.305 e. The van der Waals surface area contributed by atoms with Gasteiger partial charge in [0.2, 0.25) is 5.91 Å². The Kier molecular flexibility index (Phi) is 58.0. The van der Waals surface area contributed by atoms with Crippen LogP contribution in [0.4, 0.5) is 0 Å². The summed E-state index contributed by atoms with van der Waals surface area (Å²) in [5.41, 5.74) is 0. The quantitative estimate of drug-likeness (QED) is 0.0321. The van der Waals surface area contributed by atoms with Crippen molar-refractivity contribution in [2.45, 2.75) is 366 Å². The van der Waals surface area contributed by atoms with Crippen molar-refractivity contribution in [3.05, 3.63) is 12.2 Å². The molecule has 0 bridgehead atoms. The zero-order valence-corrected chi connectivity index (χ0v) is 46.8. The lowest BCUT2D eigenvalue weighted by Crippen LogP contribution is -2.45. The van der Waals surface area contributed by atoms with Crippen LogP contribution in [0.3, 0.4) is 0 Å². The summed E-state index contributed by atoms with van der Waals surface area (Å²) in [6.45, 7) is 4.98. The van der Waals surface area contributed by atoms with Crippen LogP contribution in [-0.2, 0) is 14.3 Å². The van der Waals surface area contributed by atoms with Crippen LogP contribution in [0.2, 0.25) is 0 Å². The fraction of sp³-hybridized carbons (Fsp3) is 0.937. The van der Waals surface area contributed by atoms with E-state index < -0.39 is 12.1 Å². The van der Waals surface area contributed by atoms with Crippen molar-refractivity contribution < 1.29 is 24.5 Å². The Morgan fingerprint density at radius 3 is 1.03 bits per heavy atom. The molecule has 0 aliphatic heterocycles. The summed E-state index contributed by atoms with van der Waals surface area (Å²) in [5.74, 6) is -0.0259. The fourth-order valence-corrected chi connectivity index (χ4v) is 9.99. The molecule has 0 saturated carbocycles. The molecule has 0 aromatic heterocycles. The number of amides is 1. The molecule has 2 atom stereocenters. The summed E-state index contributed by atoms with van der Waals surface area (Å²) >= 11 is 0. The molecule has 3 N–H and O–H groups in total. The maximum absolute atomic E-state index is 12.5. The summed E-state index contributed by atoms with van der Waals surface area (Å²) in [5, 5.41) is 23.3. The number of carbonyl (C=O) groups excluding carboxylic acids is 2. The van der Waals surface area contributed by atoms with Crippen molar-refractivity contribution in [1.82, 2.24) is 5.32 Å².